The third-order valence-electron chi connectivity index (χ3n) is 6.87. The van der Waals surface area contributed by atoms with Crippen molar-refractivity contribution in [2.75, 3.05) is 37.6 Å². The average Bonchev–Trinajstić information content (AvgIpc) is 3.25. The van der Waals surface area contributed by atoms with Gasteiger partial charge in [-0.2, -0.15) is 0 Å². The Morgan fingerprint density at radius 1 is 1.09 bits per heavy atom. The van der Waals surface area contributed by atoms with Gasteiger partial charge in [0.1, 0.15) is 5.65 Å². The van der Waals surface area contributed by atoms with E-state index in [0.29, 0.717) is 18.2 Å². The Balaban J connectivity index is 1.30. The van der Waals surface area contributed by atoms with E-state index < -0.39 is 0 Å². The van der Waals surface area contributed by atoms with Gasteiger partial charge in [0, 0.05) is 57.9 Å². The monoisotopic (exact) mass is 447 g/mol. The zero-order valence-corrected chi connectivity index (χ0v) is 19.4. The number of hydrogen-bond acceptors (Lipinski definition) is 6. The molecule has 0 saturated carbocycles. The average molecular weight is 448 g/mol. The summed E-state index contributed by atoms with van der Waals surface area (Å²) in [5.74, 6) is 1.40. The van der Waals surface area contributed by atoms with Crippen molar-refractivity contribution in [3.05, 3.63) is 53.7 Å². The Morgan fingerprint density at radius 3 is 2.73 bits per heavy atom. The predicted molar refractivity (Wildman–Crippen MR) is 128 cm³/mol. The minimum Gasteiger partial charge on any atom is -0.341 e. The highest BCUT2D eigenvalue weighted by molar-refractivity contribution is 5.94. The topological polar surface area (TPSA) is 78.7 Å². The van der Waals surface area contributed by atoms with Crippen molar-refractivity contribution >= 4 is 17.5 Å². The summed E-state index contributed by atoms with van der Waals surface area (Å²) in [6.45, 7) is 7.18. The molecule has 8 heteroatoms. The van der Waals surface area contributed by atoms with Crippen LogP contribution in [0, 0.1) is 12.8 Å². The Hall–Kier alpha value is -3.00. The number of aromatic nitrogens is 4. The minimum absolute atomic E-state index is 0.0691. The van der Waals surface area contributed by atoms with Gasteiger partial charge in [-0.25, -0.2) is 15.0 Å². The molecule has 1 N–H and O–H groups in total. The van der Waals surface area contributed by atoms with Crippen molar-refractivity contribution in [3.63, 3.8) is 0 Å². The maximum Gasteiger partial charge on any atom is 0.274 e. The standard InChI is InChI=1S/C25H33N7O/c1-19-8-5-15-32-21(22(29-23(19)32)24(33)30-12-3-2-4-13-30)17-26-16-20-9-6-14-31(18-20)25-27-10-7-11-28-25/h5,7-8,10-11,15,20,26H,2-4,6,9,12-14,16-18H2,1H3/t20-/m0/s1. The number of rotatable bonds is 6. The second kappa shape index (κ2) is 9.87. The predicted octanol–water partition coefficient (Wildman–Crippen LogP) is 3.07. The summed E-state index contributed by atoms with van der Waals surface area (Å²) in [5.41, 5.74) is 3.52. The number of likely N-dealkylation sites (tertiary alicyclic amines) is 1. The van der Waals surface area contributed by atoms with E-state index in [0.717, 1.165) is 74.8 Å². The fraction of sp³-hybridized carbons (Fsp3) is 0.520. The number of aryl methyl sites for hydroxylation is 1. The second-order valence-corrected chi connectivity index (χ2v) is 9.28. The summed E-state index contributed by atoms with van der Waals surface area (Å²) in [5, 5.41) is 3.64. The molecule has 1 amide bonds. The van der Waals surface area contributed by atoms with Crippen molar-refractivity contribution in [1.29, 1.82) is 0 Å². The van der Waals surface area contributed by atoms with Crippen LogP contribution >= 0.6 is 0 Å². The van der Waals surface area contributed by atoms with Gasteiger partial charge in [-0.05, 0) is 62.6 Å². The lowest BCUT2D eigenvalue weighted by atomic mass is 9.98. The van der Waals surface area contributed by atoms with Gasteiger partial charge in [0.15, 0.2) is 5.69 Å². The van der Waals surface area contributed by atoms with Crippen molar-refractivity contribution in [3.8, 4) is 0 Å². The number of amides is 1. The molecule has 2 fully saturated rings. The van der Waals surface area contributed by atoms with Crippen LogP contribution in [0.3, 0.4) is 0 Å². The van der Waals surface area contributed by atoms with Crippen molar-refractivity contribution < 1.29 is 4.79 Å². The van der Waals surface area contributed by atoms with Crippen LogP contribution in [0.25, 0.3) is 5.65 Å². The van der Waals surface area contributed by atoms with Crippen LogP contribution in [0.4, 0.5) is 5.95 Å². The normalized spacial score (nSPS) is 19.2. The molecule has 0 aliphatic carbocycles. The lowest BCUT2D eigenvalue weighted by molar-refractivity contribution is 0.0717. The van der Waals surface area contributed by atoms with E-state index in [4.69, 9.17) is 4.98 Å². The first-order chi connectivity index (χ1) is 16.2. The molecule has 0 aromatic carbocycles. The van der Waals surface area contributed by atoms with E-state index in [1.165, 1.54) is 12.8 Å². The van der Waals surface area contributed by atoms with Crippen LogP contribution < -0.4 is 10.2 Å². The van der Waals surface area contributed by atoms with Gasteiger partial charge in [0.25, 0.3) is 5.91 Å². The molecule has 0 spiro atoms. The number of anilines is 1. The summed E-state index contributed by atoms with van der Waals surface area (Å²) in [7, 11) is 0. The fourth-order valence-electron chi connectivity index (χ4n) is 5.10. The quantitative estimate of drug-likeness (QED) is 0.626. The molecule has 8 nitrogen and oxygen atoms in total. The summed E-state index contributed by atoms with van der Waals surface area (Å²) in [6, 6.07) is 5.94. The number of carbonyl (C=O) groups is 1. The molecule has 5 heterocycles. The maximum absolute atomic E-state index is 13.4. The smallest absolute Gasteiger partial charge is 0.274 e. The largest absolute Gasteiger partial charge is 0.341 e. The van der Waals surface area contributed by atoms with Gasteiger partial charge >= 0.3 is 0 Å². The lowest BCUT2D eigenvalue weighted by Gasteiger charge is -2.32. The summed E-state index contributed by atoms with van der Waals surface area (Å²) < 4.78 is 2.09. The van der Waals surface area contributed by atoms with E-state index in [9.17, 15) is 4.79 Å². The third-order valence-corrected chi connectivity index (χ3v) is 6.87. The molecular weight excluding hydrogens is 414 g/mol. The Bertz CT molecular complexity index is 1090. The van der Waals surface area contributed by atoms with Gasteiger partial charge in [-0.3, -0.25) is 4.79 Å². The van der Waals surface area contributed by atoms with E-state index in [2.05, 4.69) is 37.6 Å². The zero-order chi connectivity index (χ0) is 22.6. The Morgan fingerprint density at radius 2 is 1.91 bits per heavy atom. The third kappa shape index (κ3) is 4.71. The highest BCUT2D eigenvalue weighted by Gasteiger charge is 2.26. The van der Waals surface area contributed by atoms with Crippen LogP contribution in [-0.2, 0) is 6.54 Å². The van der Waals surface area contributed by atoms with Crippen LogP contribution in [0.2, 0.25) is 0 Å². The highest BCUT2D eigenvalue weighted by Crippen LogP contribution is 2.22. The van der Waals surface area contributed by atoms with E-state index in [-0.39, 0.29) is 5.91 Å². The van der Waals surface area contributed by atoms with Crippen molar-refractivity contribution in [2.45, 2.75) is 45.6 Å². The molecule has 174 valence electrons. The summed E-state index contributed by atoms with van der Waals surface area (Å²) in [6.07, 6.45) is 11.3. The highest BCUT2D eigenvalue weighted by atomic mass is 16.2. The molecule has 2 aliphatic heterocycles. The second-order valence-electron chi connectivity index (χ2n) is 9.28. The molecule has 0 unspecified atom stereocenters. The Kier molecular flexibility index (Phi) is 6.53. The number of fused-ring (bicyclic) bond motifs is 1. The first-order valence-electron chi connectivity index (χ1n) is 12.2. The number of piperidine rings is 2. The number of imidazole rings is 1. The molecule has 0 bridgehead atoms. The van der Waals surface area contributed by atoms with Gasteiger partial charge < -0.3 is 19.5 Å². The van der Waals surface area contributed by atoms with Crippen molar-refractivity contribution in [1.82, 2.24) is 29.6 Å². The van der Waals surface area contributed by atoms with Crippen LogP contribution in [0.5, 0.6) is 0 Å². The number of pyridine rings is 1. The molecule has 1 atom stereocenters. The summed E-state index contributed by atoms with van der Waals surface area (Å²) >= 11 is 0. The molecule has 2 saturated heterocycles. The number of nitrogens with zero attached hydrogens (tertiary/aromatic N) is 6. The van der Waals surface area contributed by atoms with Crippen LogP contribution in [-0.4, -0.2) is 62.9 Å². The number of hydrogen-bond donors (Lipinski definition) is 1. The molecule has 3 aromatic rings. The molecule has 33 heavy (non-hydrogen) atoms. The van der Waals surface area contributed by atoms with E-state index in [1.54, 1.807) is 12.4 Å². The maximum atomic E-state index is 13.4. The van der Waals surface area contributed by atoms with Crippen LogP contribution in [0.15, 0.2) is 36.8 Å². The molecule has 2 aliphatic rings. The molecular formula is C25H33N7O. The number of carbonyl (C=O) groups excluding carboxylic acids is 1. The van der Waals surface area contributed by atoms with Gasteiger partial charge in [0.2, 0.25) is 5.95 Å². The van der Waals surface area contributed by atoms with Gasteiger partial charge in [-0.1, -0.05) is 6.07 Å². The number of nitrogens with one attached hydrogen (secondary N) is 1. The van der Waals surface area contributed by atoms with Crippen LogP contribution in [0.1, 0.15) is 53.8 Å². The van der Waals surface area contributed by atoms with E-state index in [1.807, 2.05) is 23.2 Å². The van der Waals surface area contributed by atoms with E-state index >= 15 is 0 Å². The van der Waals surface area contributed by atoms with Gasteiger partial charge in [0.05, 0.1) is 5.69 Å². The molecule has 0 radical (unpaired) electrons. The minimum atomic E-state index is 0.0691. The lowest BCUT2D eigenvalue weighted by Crippen LogP contribution is -2.40. The summed E-state index contributed by atoms with van der Waals surface area (Å²) in [4.78, 5) is 31.3. The molecule has 5 rings (SSSR count). The first kappa shape index (κ1) is 21.8. The van der Waals surface area contributed by atoms with Gasteiger partial charge in [-0.15, -0.1) is 0 Å². The molecule has 3 aromatic heterocycles. The first-order valence-corrected chi connectivity index (χ1v) is 12.2. The fourth-order valence-corrected chi connectivity index (χ4v) is 5.10. The van der Waals surface area contributed by atoms with Crippen molar-refractivity contribution in [2.24, 2.45) is 5.92 Å². The Labute approximate surface area is 195 Å². The zero-order valence-electron chi connectivity index (χ0n) is 19.4. The SMILES string of the molecule is Cc1cccn2c(CNC[C@@H]3CCCN(c4ncccn4)C3)c(C(=O)N3CCCCC3)nc12.